The Morgan fingerprint density at radius 2 is 0.961 bits per heavy atom. The molecule has 0 aromatic carbocycles. The molecule has 2 unspecified atom stereocenters. The van der Waals surface area contributed by atoms with Crippen LogP contribution in [0.4, 0.5) is 0 Å². The molecule has 0 heterocycles. The van der Waals surface area contributed by atoms with Crippen molar-refractivity contribution in [3.8, 4) is 0 Å². The molecule has 0 aliphatic heterocycles. The van der Waals surface area contributed by atoms with Gasteiger partial charge in [0.25, 0.3) is 0 Å². The normalized spacial score (nSPS) is 13.0. The summed E-state index contributed by atoms with van der Waals surface area (Å²) in [6.07, 6.45) is 38.6. The van der Waals surface area contributed by atoms with Gasteiger partial charge in [0.2, 0.25) is 0 Å². The van der Waals surface area contributed by atoms with Crippen molar-refractivity contribution in [1.29, 1.82) is 0 Å². The maximum atomic E-state index is 12.0. The molecule has 2 N–H and O–H groups in total. The van der Waals surface area contributed by atoms with Gasteiger partial charge in [-0.3, -0.25) is 9.69 Å². The van der Waals surface area contributed by atoms with Gasteiger partial charge in [0.1, 0.15) is 0 Å². The molecule has 51 heavy (non-hydrogen) atoms. The number of ether oxygens (including phenoxy) is 2. The lowest BCUT2D eigenvalue weighted by atomic mass is 10.0. The highest BCUT2D eigenvalue weighted by atomic mass is 16.6. The highest BCUT2D eigenvalue weighted by Crippen LogP contribution is 2.20. The smallest absolute Gasteiger partial charge is 0.305 e. The molecule has 0 spiro atoms. The molecule has 0 radical (unpaired) electrons. The summed E-state index contributed by atoms with van der Waals surface area (Å²) in [6.45, 7) is 11.7. The van der Waals surface area contributed by atoms with Crippen molar-refractivity contribution in [2.24, 2.45) is 0 Å². The van der Waals surface area contributed by atoms with Crippen LogP contribution in [0.5, 0.6) is 0 Å². The third kappa shape index (κ3) is 36.1. The van der Waals surface area contributed by atoms with Gasteiger partial charge in [-0.2, -0.15) is 0 Å². The number of aliphatic hydroxyl groups is 2. The number of hydrogen-bond acceptors (Lipinski definition) is 6. The number of unbranched alkanes of at least 4 members (excludes halogenated alkanes) is 23. The van der Waals surface area contributed by atoms with Gasteiger partial charge in [-0.05, 0) is 64.8 Å². The predicted molar refractivity (Wildman–Crippen MR) is 219 cm³/mol. The monoisotopic (exact) mass is 726 g/mol. The van der Waals surface area contributed by atoms with Gasteiger partial charge in [-0.15, -0.1) is 0 Å². The van der Waals surface area contributed by atoms with E-state index in [1.165, 1.54) is 135 Å². The van der Waals surface area contributed by atoms with E-state index in [9.17, 15) is 15.0 Å². The van der Waals surface area contributed by atoms with Crippen molar-refractivity contribution >= 4 is 5.97 Å². The number of esters is 1. The van der Waals surface area contributed by atoms with Crippen LogP contribution in [0, 0.1) is 0 Å². The minimum absolute atomic E-state index is 0.0281. The van der Waals surface area contributed by atoms with Crippen LogP contribution in [0.1, 0.15) is 240 Å². The number of nitrogens with zero attached hydrogens (tertiary/aromatic N) is 1. The molecule has 0 fully saturated rings. The Morgan fingerprint density at radius 3 is 1.49 bits per heavy atom. The Kier molecular flexibility index (Phi) is 39.9. The fraction of sp³-hybridized carbons (Fsp3) is 0.978. The highest BCUT2D eigenvalue weighted by Gasteiger charge is 2.16. The first-order valence-corrected chi connectivity index (χ1v) is 22.8. The van der Waals surface area contributed by atoms with E-state index in [1.54, 1.807) is 0 Å². The second-order valence-electron chi connectivity index (χ2n) is 15.8. The minimum atomic E-state index is -0.623. The zero-order valence-electron chi connectivity index (χ0n) is 35.0. The lowest BCUT2D eigenvalue weighted by Gasteiger charge is -2.28. The van der Waals surface area contributed by atoms with Crippen molar-refractivity contribution in [2.45, 2.75) is 258 Å². The SMILES string of the molecule is CCCCCCCCCOC(=O)CCCCCCCN(CCO)C(C)CCCCCCC(O)OC(CCCCCCCC)CCCCCCCC. The molecule has 6 nitrogen and oxygen atoms in total. The first kappa shape index (κ1) is 50.3. The first-order chi connectivity index (χ1) is 25.0. The molecule has 0 aromatic heterocycles. The van der Waals surface area contributed by atoms with Crippen molar-refractivity contribution in [1.82, 2.24) is 4.90 Å². The summed E-state index contributed by atoms with van der Waals surface area (Å²) in [5.41, 5.74) is 0. The zero-order chi connectivity index (χ0) is 37.5. The van der Waals surface area contributed by atoms with E-state index in [-0.39, 0.29) is 18.7 Å². The van der Waals surface area contributed by atoms with Crippen LogP contribution in [0.3, 0.4) is 0 Å². The lowest BCUT2D eigenvalue weighted by Crippen LogP contribution is -2.36. The van der Waals surface area contributed by atoms with Gasteiger partial charge in [-0.25, -0.2) is 0 Å². The van der Waals surface area contributed by atoms with Gasteiger partial charge in [0.05, 0.1) is 19.3 Å². The summed E-state index contributed by atoms with van der Waals surface area (Å²) in [4.78, 5) is 14.5. The quantitative estimate of drug-likeness (QED) is 0.0370. The Balaban J connectivity index is 4.06. The van der Waals surface area contributed by atoms with Gasteiger partial charge >= 0.3 is 5.97 Å². The molecular weight excluding hydrogens is 634 g/mol. The third-order valence-corrected chi connectivity index (χ3v) is 10.8. The van der Waals surface area contributed by atoms with E-state index >= 15 is 0 Å². The molecule has 2 atom stereocenters. The van der Waals surface area contributed by atoms with E-state index < -0.39 is 6.29 Å². The Bertz CT molecular complexity index is 676. The number of carbonyl (C=O) groups is 1. The molecule has 6 heteroatoms. The predicted octanol–water partition coefficient (Wildman–Crippen LogP) is 12.8. The average molecular weight is 726 g/mol. The largest absolute Gasteiger partial charge is 0.466 e. The molecule has 0 saturated heterocycles. The summed E-state index contributed by atoms with van der Waals surface area (Å²) >= 11 is 0. The van der Waals surface area contributed by atoms with E-state index in [1.807, 2.05) is 0 Å². The van der Waals surface area contributed by atoms with Crippen LogP contribution in [-0.4, -0.2) is 65.8 Å². The van der Waals surface area contributed by atoms with Crippen molar-refractivity contribution in [3.63, 3.8) is 0 Å². The van der Waals surface area contributed by atoms with Gasteiger partial charge in [-0.1, -0.05) is 175 Å². The van der Waals surface area contributed by atoms with E-state index in [2.05, 4.69) is 32.6 Å². The average Bonchev–Trinajstić information content (AvgIpc) is 3.12. The Hall–Kier alpha value is -0.690. The maximum absolute atomic E-state index is 12.0. The summed E-state index contributed by atoms with van der Waals surface area (Å²) in [6, 6.07) is 0.474. The number of aliphatic hydroxyl groups excluding tert-OH is 2. The maximum Gasteiger partial charge on any atom is 0.305 e. The summed E-state index contributed by atoms with van der Waals surface area (Å²) < 4.78 is 11.6. The number of hydrogen-bond donors (Lipinski definition) is 2. The number of rotatable bonds is 42. The van der Waals surface area contributed by atoms with Crippen LogP contribution in [0.15, 0.2) is 0 Å². The van der Waals surface area contributed by atoms with Crippen molar-refractivity contribution in [2.75, 3.05) is 26.3 Å². The van der Waals surface area contributed by atoms with Crippen molar-refractivity contribution < 1.29 is 24.5 Å². The Morgan fingerprint density at radius 1 is 0.529 bits per heavy atom. The highest BCUT2D eigenvalue weighted by molar-refractivity contribution is 5.69. The molecule has 0 aliphatic carbocycles. The van der Waals surface area contributed by atoms with Gasteiger partial charge in [0, 0.05) is 19.0 Å². The molecule has 306 valence electrons. The lowest BCUT2D eigenvalue weighted by molar-refractivity contribution is -0.144. The fourth-order valence-electron chi connectivity index (χ4n) is 7.28. The van der Waals surface area contributed by atoms with Crippen molar-refractivity contribution in [3.05, 3.63) is 0 Å². The van der Waals surface area contributed by atoms with E-state index in [0.717, 1.165) is 83.7 Å². The summed E-state index contributed by atoms with van der Waals surface area (Å²) in [5, 5.41) is 20.4. The van der Waals surface area contributed by atoms with E-state index in [0.29, 0.717) is 19.1 Å². The molecule has 0 amide bonds. The van der Waals surface area contributed by atoms with Gasteiger partial charge in [0.15, 0.2) is 6.29 Å². The third-order valence-electron chi connectivity index (χ3n) is 10.8. The second-order valence-corrected chi connectivity index (χ2v) is 15.8. The van der Waals surface area contributed by atoms with Gasteiger partial charge < -0.3 is 19.7 Å². The molecular formula is C45H91NO5. The molecule has 0 rings (SSSR count). The second kappa shape index (κ2) is 40.5. The molecule has 0 aromatic rings. The standard InChI is InChI=1S/C45H91NO5/c1-5-8-11-14-17-25-32-41-50-44(48)36-29-21-18-24-31-38-46(39-40-47)42(4)33-26-22-23-30-37-45(49)51-43(34-27-19-15-12-9-6-2)35-28-20-16-13-10-7-3/h42-43,45,47,49H,5-41H2,1-4H3. The Labute approximate surface area is 319 Å². The zero-order valence-corrected chi connectivity index (χ0v) is 35.0. The number of carbonyl (C=O) groups excluding carboxylic acids is 1. The first-order valence-electron chi connectivity index (χ1n) is 22.8. The van der Waals surface area contributed by atoms with Crippen LogP contribution >= 0.6 is 0 Å². The van der Waals surface area contributed by atoms with E-state index in [4.69, 9.17) is 9.47 Å². The summed E-state index contributed by atoms with van der Waals surface area (Å²) in [5.74, 6) is -0.0281. The van der Waals surface area contributed by atoms with Crippen LogP contribution in [-0.2, 0) is 14.3 Å². The molecule has 0 saturated carbocycles. The minimum Gasteiger partial charge on any atom is -0.466 e. The molecule has 0 bridgehead atoms. The van der Waals surface area contributed by atoms with Crippen LogP contribution in [0.25, 0.3) is 0 Å². The summed E-state index contributed by atoms with van der Waals surface area (Å²) in [7, 11) is 0. The fourth-order valence-corrected chi connectivity index (χ4v) is 7.28. The van der Waals surface area contributed by atoms with Crippen LogP contribution in [0.2, 0.25) is 0 Å². The molecule has 0 aliphatic rings. The van der Waals surface area contributed by atoms with Crippen LogP contribution < -0.4 is 0 Å². The topological polar surface area (TPSA) is 79.2 Å².